The van der Waals surface area contributed by atoms with E-state index >= 15 is 0 Å². The minimum Gasteiger partial charge on any atom is -0.507 e. The quantitative estimate of drug-likeness (QED) is 0.254. The first-order valence-electron chi connectivity index (χ1n) is 10.0. The van der Waals surface area contributed by atoms with E-state index in [9.17, 15) is 40.5 Å². The number of aliphatic hydroxyl groups is 4. The van der Waals surface area contributed by atoms with Crippen LogP contribution >= 0.6 is 0 Å². The van der Waals surface area contributed by atoms with Crippen LogP contribution in [0.2, 0.25) is 0 Å². The van der Waals surface area contributed by atoms with Crippen molar-refractivity contribution in [3.8, 4) is 40.1 Å². The summed E-state index contributed by atoms with van der Waals surface area (Å²) >= 11 is 0. The van der Waals surface area contributed by atoms with Gasteiger partial charge in [-0.25, -0.2) is 0 Å². The predicted molar refractivity (Wildman–Crippen MR) is 114 cm³/mol. The normalized spacial score (nSPS) is 24.8. The molecule has 0 amide bonds. The van der Waals surface area contributed by atoms with Crippen LogP contribution in [0.25, 0.3) is 22.3 Å². The van der Waals surface area contributed by atoms with E-state index < -0.39 is 65.6 Å². The standard InChI is InChI=1S/C22H22O12/c1-31-14-4-8(2-3-9(14)24)13-6-11(26)16-10(25)5-12(27)20(21(16)32-13)34-22-19(30)18(29)17(28)15(7-23)33-22/h2-6,15,17-19,22-25,27-30H,7H2,1H3/t15-,17-,18+,19-,22+/m1/s1. The molecule has 7 N–H and O–H groups in total. The average molecular weight is 478 g/mol. The molecule has 34 heavy (non-hydrogen) atoms. The summed E-state index contributed by atoms with van der Waals surface area (Å²) in [6.45, 7) is -0.713. The number of methoxy groups -OCH3 is 1. The summed E-state index contributed by atoms with van der Waals surface area (Å²) in [6.07, 6.45) is -8.19. The number of hydrogen-bond donors (Lipinski definition) is 7. The maximum absolute atomic E-state index is 12.8. The van der Waals surface area contributed by atoms with Crippen LogP contribution < -0.4 is 14.9 Å². The van der Waals surface area contributed by atoms with Gasteiger partial charge in [0, 0.05) is 17.7 Å². The molecular weight excluding hydrogens is 456 g/mol. The highest BCUT2D eigenvalue weighted by molar-refractivity contribution is 5.91. The maximum Gasteiger partial charge on any atom is 0.229 e. The lowest BCUT2D eigenvalue weighted by atomic mass is 9.99. The number of fused-ring (bicyclic) bond motifs is 1. The summed E-state index contributed by atoms with van der Waals surface area (Å²) in [7, 11) is 1.33. The molecule has 12 heteroatoms. The third-order valence-electron chi connectivity index (χ3n) is 5.46. The van der Waals surface area contributed by atoms with E-state index in [0.29, 0.717) is 5.56 Å². The van der Waals surface area contributed by atoms with Crippen LogP contribution in [0.1, 0.15) is 0 Å². The van der Waals surface area contributed by atoms with Crippen molar-refractivity contribution in [2.24, 2.45) is 0 Å². The second-order valence-electron chi connectivity index (χ2n) is 7.62. The fourth-order valence-electron chi connectivity index (χ4n) is 3.65. The summed E-state index contributed by atoms with van der Waals surface area (Å²) < 4.78 is 21.6. The van der Waals surface area contributed by atoms with E-state index in [1.54, 1.807) is 0 Å². The Morgan fingerprint density at radius 2 is 1.68 bits per heavy atom. The molecule has 4 rings (SSSR count). The lowest BCUT2D eigenvalue weighted by molar-refractivity contribution is -0.277. The van der Waals surface area contributed by atoms with E-state index in [0.717, 1.165) is 12.1 Å². The molecule has 0 bridgehead atoms. The molecule has 12 nitrogen and oxygen atoms in total. The average Bonchev–Trinajstić information content (AvgIpc) is 2.81. The van der Waals surface area contributed by atoms with Gasteiger partial charge in [-0.15, -0.1) is 0 Å². The monoisotopic (exact) mass is 478 g/mol. The van der Waals surface area contributed by atoms with Crippen LogP contribution in [0, 0.1) is 0 Å². The molecule has 5 atom stereocenters. The van der Waals surface area contributed by atoms with Crippen molar-refractivity contribution in [2.45, 2.75) is 30.7 Å². The maximum atomic E-state index is 12.8. The van der Waals surface area contributed by atoms with Gasteiger partial charge in [0.05, 0.1) is 13.7 Å². The Morgan fingerprint density at radius 1 is 0.941 bits per heavy atom. The molecule has 0 radical (unpaired) electrons. The molecule has 182 valence electrons. The highest BCUT2D eigenvalue weighted by Crippen LogP contribution is 2.42. The van der Waals surface area contributed by atoms with Crippen LogP contribution in [0.3, 0.4) is 0 Å². The van der Waals surface area contributed by atoms with Gasteiger partial charge < -0.3 is 54.4 Å². The Hall–Kier alpha value is -3.55. The van der Waals surface area contributed by atoms with E-state index in [-0.39, 0.29) is 22.6 Å². The Kier molecular flexibility index (Phi) is 6.25. The second-order valence-corrected chi connectivity index (χ2v) is 7.62. The topological polar surface area (TPSA) is 200 Å². The summed E-state index contributed by atoms with van der Waals surface area (Å²) in [5.41, 5.74) is -0.821. The van der Waals surface area contributed by atoms with Gasteiger partial charge in [0.25, 0.3) is 0 Å². The number of aliphatic hydroxyl groups excluding tert-OH is 4. The zero-order valence-corrected chi connectivity index (χ0v) is 17.7. The Morgan fingerprint density at radius 3 is 2.35 bits per heavy atom. The molecular formula is C22H22O12. The number of hydrogen-bond acceptors (Lipinski definition) is 12. The van der Waals surface area contributed by atoms with Crippen LogP contribution in [0.5, 0.6) is 28.7 Å². The highest BCUT2D eigenvalue weighted by Gasteiger charge is 2.45. The molecule has 1 aliphatic rings. The molecule has 0 unspecified atom stereocenters. The second kappa shape index (κ2) is 9.00. The van der Waals surface area contributed by atoms with Crippen molar-refractivity contribution in [1.29, 1.82) is 0 Å². The molecule has 1 saturated heterocycles. The Bertz CT molecular complexity index is 1270. The summed E-state index contributed by atoms with van der Waals surface area (Å²) in [4.78, 5) is 12.8. The Balaban J connectivity index is 1.85. The van der Waals surface area contributed by atoms with Crippen molar-refractivity contribution in [1.82, 2.24) is 0 Å². The minimum absolute atomic E-state index is 0.0422. The first-order chi connectivity index (χ1) is 16.2. The van der Waals surface area contributed by atoms with Crippen LogP contribution in [0.4, 0.5) is 0 Å². The van der Waals surface area contributed by atoms with Crippen molar-refractivity contribution in [2.75, 3.05) is 13.7 Å². The van der Waals surface area contributed by atoms with Crippen LogP contribution in [-0.4, -0.2) is 80.2 Å². The third kappa shape index (κ3) is 3.97. The lowest BCUT2D eigenvalue weighted by Gasteiger charge is -2.39. The molecule has 1 aliphatic heterocycles. The minimum atomic E-state index is -1.81. The van der Waals surface area contributed by atoms with Gasteiger partial charge in [0.1, 0.15) is 41.3 Å². The van der Waals surface area contributed by atoms with E-state index in [1.165, 1.54) is 25.3 Å². The van der Waals surface area contributed by atoms with Gasteiger partial charge in [-0.1, -0.05) is 0 Å². The van der Waals surface area contributed by atoms with Gasteiger partial charge in [-0.2, -0.15) is 0 Å². The van der Waals surface area contributed by atoms with Crippen molar-refractivity contribution in [3.05, 3.63) is 40.6 Å². The molecule has 2 aromatic carbocycles. The fourth-order valence-corrected chi connectivity index (χ4v) is 3.65. The first kappa shape index (κ1) is 23.6. The van der Waals surface area contributed by atoms with Crippen LogP contribution in [0.15, 0.2) is 39.5 Å². The van der Waals surface area contributed by atoms with Crippen molar-refractivity contribution >= 4 is 11.0 Å². The molecule has 0 spiro atoms. The summed E-state index contributed by atoms with van der Waals surface area (Å²) in [6, 6.07) is 6.02. The number of phenols is 3. The SMILES string of the molecule is COc1cc(-c2cc(=O)c3c(O)cc(O)c(O[C@@H]4O[C@H](CO)[C@@H](O)[C@H](O)[C@H]4O)c3o2)ccc1O. The number of rotatable bonds is 5. The molecule has 2 heterocycles. The molecule has 1 fully saturated rings. The van der Waals surface area contributed by atoms with Gasteiger partial charge in [-0.05, 0) is 18.2 Å². The zero-order chi connectivity index (χ0) is 24.7. The summed E-state index contributed by atoms with van der Waals surface area (Å²) in [5, 5.41) is 69.7. The number of phenolic OH excluding ortho intramolecular Hbond substituents is 3. The molecule has 1 aromatic heterocycles. The molecule has 0 aliphatic carbocycles. The molecule has 0 saturated carbocycles. The van der Waals surface area contributed by atoms with Gasteiger partial charge in [-0.3, -0.25) is 4.79 Å². The van der Waals surface area contributed by atoms with E-state index in [1.807, 2.05) is 0 Å². The number of ether oxygens (including phenoxy) is 3. The summed E-state index contributed by atoms with van der Waals surface area (Å²) in [5.74, 6) is -1.92. The fraction of sp³-hybridized carbons (Fsp3) is 0.318. The van der Waals surface area contributed by atoms with Gasteiger partial charge in [0.2, 0.25) is 12.0 Å². The van der Waals surface area contributed by atoms with Crippen LogP contribution in [-0.2, 0) is 4.74 Å². The van der Waals surface area contributed by atoms with Gasteiger partial charge in [0.15, 0.2) is 28.3 Å². The first-order valence-corrected chi connectivity index (χ1v) is 10.0. The smallest absolute Gasteiger partial charge is 0.229 e. The number of aromatic hydroxyl groups is 3. The Labute approximate surface area is 191 Å². The zero-order valence-electron chi connectivity index (χ0n) is 17.7. The third-order valence-corrected chi connectivity index (χ3v) is 5.46. The number of benzene rings is 2. The largest absolute Gasteiger partial charge is 0.507 e. The van der Waals surface area contributed by atoms with Crippen molar-refractivity contribution < 1.29 is 54.4 Å². The lowest BCUT2D eigenvalue weighted by Crippen LogP contribution is -2.60. The van der Waals surface area contributed by atoms with Crippen molar-refractivity contribution in [3.63, 3.8) is 0 Å². The van der Waals surface area contributed by atoms with E-state index in [2.05, 4.69) is 0 Å². The predicted octanol–water partition coefficient (Wildman–Crippen LogP) is -0.236. The molecule has 3 aromatic rings. The van der Waals surface area contributed by atoms with E-state index in [4.69, 9.17) is 18.6 Å². The highest BCUT2D eigenvalue weighted by atomic mass is 16.7. The van der Waals surface area contributed by atoms with Gasteiger partial charge >= 0.3 is 0 Å².